The molecule has 0 amide bonds. The van der Waals surface area contributed by atoms with Crippen LogP contribution < -0.4 is 0 Å². The number of ether oxygens (including phenoxy) is 1. The van der Waals surface area contributed by atoms with Crippen LogP contribution in [0.15, 0.2) is 18.2 Å². The minimum atomic E-state index is -0.577. The quantitative estimate of drug-likeness (QED) is 0.724. The molecule has 3 rings (SSSR count). The van der Waals surface area contributed by atoms with E-state index >= 15 is 0 Å². The summed E-state index contributed by atoms with van der Waals surface area (Å²) in [6.07, 6.45) is 0. The number of nitrogens with zero attached hydrogens (tertiary/aromatic N) is 2. The van der Waals surface area contributed by atoms with Crippen molar-refractivity contribution in [2.75, 3.05) is 7.11 Å². The first-order valence-electron chi connectivity index (χ1n) is 6.83. The van der Waals surface area contributed by atoms with Crippen LogP contribution in [-0.4, -0.2) is 28.0 Å². The molecule has 118 valence electrons. The van der Waals surface area contributed by atoms with Crippen LogP contribution in [0.25, 0.3) is 22.4 Å². The van der Waals surface area contributed by atoms with E-state index in [-0.39, 0.29) is 16.5 Å². The molecule has 2 aromatic heterocycles. The number of benzene rings is 1. The second-order valence-electron chi connectivity index (χ2n) is 5.11. The van der Waals surface area contributed by atoms with Crippen molar-refractivity contribution in [3.05, 3.63) is 46.0 Å². The molecule has 0 bridgehead atoms. The number of carbonyl (C=O) groups is 1. The Morgan fingerprint density at radius 3 is 2.70 bits per heavy atom. The first kappa shape index (κ1) is 15.4. The maximum atomic E-state index is 13.7. The Bertz CT molecular complexity index is 937. The lowest BCUT2D eigenvalue weighted by Gasteiger charge is -2.06. The van der Waals surface area contributed by atoms with Crippen LogP contribution in [0.5, 0.6) is 0 Å². The van der Waals surface area contributed by atoms with E-state index in [1.54, 1.807) is 6.07 Å². The SMILES string of the molecule is COC(=O)c1nc(-c2ccc(Cl)c(F)c2)nc2[nH]c(C)c(C)c12. The smallest absolute Gasteiger partial charge is 0.357 e. The van der Waals surface area contributed by atoms with Gasteiger partial charge in [-0.1, -0.05) is 11.6 Å². The van der Waals surface area contributed by atoms with E-state index in [2.05, 4.69) is 15.0 Å². The summed E-state index contributed by atoms with van der Waals surface area (Å²) in [5, 5.41) is 0.613. The van der Waals surface area contributed by atoms with Gasteiger partial charge in [-0.15, -0.1) is 0 Å². The number of carbonyl (C=O) groups excluding carboxylic acids is 1. The van der Waals surface area contributed by atoms with Crippen molar-refractivity contribution >= 4 is 28.6 Å². The van der Waals surface area contributed by atoms with Crippen LogP contribution in [0, 0.1) is 19.7 Å². The van der Waals surface area contributed by atoms with Gasteiger partial charge in [0, 0.05) is 11.3 Å². The van der Waals surface area contributed by atoms with E-state index < -0.39 is 11.8 Å². The Kier molecular flexibility index (Phi) is 3.77. The van der Waals surface area contributed by atoms with Gasteiger partial charge in [-0.05, 0) is 37.6 Å². The molecular formula is C16H13ClFN3O2. The van der Waals surface area contributed by atoms with Crippen LogP contribution in [0.1, 0.15) is 21.7 Å². The zero-order chi connectivity index (χ0) is 16.7. The fraction of sp³-hybridized carbons (Fsp3) is 0.188. The number of aromatic amines is 1. The van der Waals surface area contributed by atoms with Gasteiger partial charge in [0.05, 0.1) is 17.5 Å². The monoisotopic (exact) mass is 333 g/mol. The third-order valence-electron chi connectivity index (χ3n) is 3.71. The Balaban J connectivity index is 2.30. The summed E-state index contributed by atoms with van der Waals surface area (Å²) in [6.45, 7) is 3.74. The van der Waals surface area contributed by atoms with E-state index in [0.717, 1.165) is 11.3 Å². The first-order valence-corrected chi connectivity index (χ1v) is 7.20. The summed E-state index contributed by atoms with van der Waals surface area (Å²) >= 11 is 5.70. The van der Waals surface area contributed by atoms with Gasteiger partial charge in [-0.2, -0.15) is 0 Å². The number of hydrogen-bond acceptors (Lipinski definition) is 4. The van der Waals surface area contributed by atoms with Gasteiger partial charge in [-0.25, -0.2) is 19.2 Å². The van der Waals surface area contributed by atoms with Crippen molar-refractivity contribution in [2.24, 2.45) is 0 Å². The van der Waals surface area contributed by atoms with Crippen LogP contribution in [-0.2, 0) is 4.74 Å². The molecule has 0 aliphatic carbocycles. The lowest BCUT2D eigenvalue weighted by molar-refractivity contribution is 0.0596. The predicted octanol–water partition coefficient (Wildman–Crippen LogP) is 3.82. The average molecular weight is 334 g/mol. The zero-order valence-corrected chi connectivity index (χ0v) is 13.5. The fourth-order valence-corrected chi connectivity index (χ4v) is 2.49. The standard InChI is InChI=1S/C16H13ClFN3O2/c1-7-8(2)19-15-12(7)13(16(22)23-3)20-14(21-15)9-4-5-10(17)11(18)6-9/h4-6H,1-3H3,(H,19,20,21). The summed E-state index contributed by atoms with van der Waals surface area (Å²) in [4.78, 5) is 23.8. The maximum absolute atomic E-state index is 13.7. The van der Waals surface area contributed by atoms with Crippen molar-refractivity contribution in [3.63, 3.8) is 0 Å². The number of nitrogens with one attached hydrogen (secondary N) is 1. The number of esters is 1. The van der Waals surface area contributed by atoms with Crippen LogP contribution in [0.3, 0.4) is 0 Å². The molecule has 0 radical (unpaired) electrons. The Morgan fingerprint density at radius 1 is 1.30 bits per heavy atom. The minimum absolute atomic E-state index is 0.00887. The number of H-pyrrole nitrogens is 1. The highest BCUT2D eigenvalue weighted by Gasteiger charge is 2.20. The van der Waals surface area contributed by atoms with Gasteiger partial charge < -0.3 is 9.72 Å². The predicted molar refractivity (Wildman–Crippen MR) is 85.1 cm³/mol. The van der Waals surface area contributed by atoms with E-state index in [1.165, 1.54) is 19.2 Å². The molecule has 2 heterocycles. The summed E-state index contributed by atoms with van der Waals surface area (Å²) in [7, 11) is 1.28. The van der Waals surface area contributed by atoms with Crippen LogP contribution in [0.2, 0.25) is 5.02 Å². The van der Waals surface area contributed by atoms with Gasteiger partial charge >= 0.3 is 5.97 Å². The highest BCUT2D eigenvalue weighted by Crippen LogP contribution is 2.28. The molecule has 23 heavy (non-hydrogen) atoms. The molecule has 0 atom stereocenters. The molecule has 0 saturated carbocycles. The van der Waals surface area contributed by atoms with E-state index in [0.29, 0.717) is 16.6 Å². The normalized spacial score (nSPS) is 11.0. The minimum Gasteiger partial charge on any atom is -0.464 e. The number of fused-ring (bicyclic) bond motifs is 1. The number of aromatic nitrogens is 3. The van der Waals surface area contributed by atoms with Gasteiger partial charge in [0.1, 0.15) is 11.5 Å². The van der Waals surface area contributed by atoms with Gasteiger partial charge in [0.15, 0.2) is 11.5 Å². The fourth-order valence-electron chi connectivity index (χ4n) is 2.37. The third kappa shape index (κ3) is 2.55. The van der Waals surface area contributed by atoms with Crippen molar-refractivity contribution in [1.82, 2.24) is 15.0 Å². The van der Waals surface area contributed by atoms with Gasteiger partial charge in [0.2, 0.25) is 0 Å². The van der Waals surface area contributed by atoms with E-state index in [4.69, 9.17) is 16.3 Å². The molecule has 0 spiro atoms. The maximum Gasteiger partial charge on any atom is 0.357 e. The average Bonchev–Trinajstić information content (AvgIpc) is 2.83. The molecule has 1 aromatic carbocycles. The molecule has 7 heteroatoms. The Morgan fingerprint density at radius 2 is 2.04 bits per heavy atom. The molecular weight excluding hydrogens is 321 g/mol. The second-order valence-corrected chi connectivity index (χ2v) is 5.52. The second kappa shape index (κ2) is 5.62. The largest absolute Gasteiger partial charge is 0.464 e. The molecule has 0 saturated heterocycles. The van der Waals surface area contributed by atoms with Crippen LogP contribution in [0.4, 0.5) is 4.39 Å². The molecule has 5 nitrogen and oxygen atoms in total. The Hall–Kier alpha value is -2.47. The molecule has 0 aliphatic rings. The Labute approximate surface area is 136 Å². The zero-order valence-electron chi connectivity index (χ0n) is 12.7. The highest BCUT2D eigenvalue weighted by molar-refractivity contribution is 6.30. The third-order valence-corrected chi connectivity index (χ3v) is 4.02. The number of methoxy groups -OCH3 is 1. The van der Waals surface area contributed by atoms with Gasteiger partial charge in [0.25, 0.3) is 0 Å². The highest BCUT2D eigenvalue weighted by atomic mass is 35.5. The summed E-state index contributed by atoms with van der Waals surface area (Å²) in [5.74, 6) is -0.934. The molecule has 3 aromatic rings. The number of halogens is 2. The summed E-state index contributed by atoms with van der Waals surface area (Å²) < 4.78 is 18.5. The summed E-state index contributed by atoms with van der Waals surface area (Å²) in [5.41, 5.74) is 2.81. The van der Waals surface area contributed by atoms with Crippen LogP contribution >= 0.6 is 11.6 Å². The van der Waals surface area contributed by atoms with E-state index in [9.17, 15) is 9.18 Å². The summed E-state index contributed by atoms with van der Waals surface area (Å²) in [6, 6.07) is 4.24. The van der Waals surface area contributed by atoms with Crippen molar-refractivity contribution in [2.45, 2.75) is 13.8 Å². The number of rotatable bonds is 2. The first-order chi connectivity index (χ1) is 10.9. The molecule has 0 fully saturated rings. The molecule has 1 N–H and O–H groups in total. The molecule has 0 aliphatic heterocycles. The van der Waals surface area contributed by atoms with Crippen molar-refractivity contribution < 1.29 is 13.9 Å². The number of hydrogen-bond donors (Lipinski definition) is 1. The van der Waals surface area contributed by atoms with Gasteiger partial charge in [-0.3, -0.25) is 0 Å². The number of aryl methyl sites for hydroxylation is 2. The molecule has 0 unspecified atom stereocenters. The van der Waals surface area contributed by atoms with E-state index in [1.807, 2.05) is 13.8 Å². The topological polar surface area (TPSA) is 67.9 Å². The van der Waals surface area contributed by atoms with Crippen molar-refractivity contribution in [3.8, 4) is 11.4 Å². The lowest BCUT2D eigenvalue weighted by atomic mass is 10.1. The van der Waals surface area contributed by atoms with Crippen molar-refractivity contribution in [1.29, 1.82) is 0 Å². The lowest BCUT2D eigenvalue weighted by Crippen LogP contribution is -2.07.